The molecule has 0 aliphatic carbocycles. The maximum Gasteiger partial charge on any atom is 0.277 e. The standard InChI is InChI=1S/C22H22ClNO3/c1-13(2)12-27-18-9-7-17(8-10-18)24-21(25)19(20(23)22(24)26)16-6-5-14(3)15(4)11-16/h5-11,13H,12H2,1-4H3. The van der Waals surface area contributed by atoms with Crippen LogP contribution in [-0.2, 0) is 9.59 Å². The summed E-state index contributed by atoms with van der Waals surface area (Å²) in [5.41, 5.74) is 3.51. The van der Waals surface area contributed by atoms with E-state index in [0.29, 0.717) is 29.5 Å². The number of halogens is 1. The molecule has 4 nitrogen and oxygen atoms in total. The first-order valence-corrected chi connectivity index (χ1v) is 9.26. The normalized spacial score (nSPS) is 14.5. The van der Waals surface area contributed by atoms with Crippen molar-refractivity contribution in [3.05, 3.63) is 64.2 Å². The Hall–Kier alpha value is -2.59. The quantitative estimate of drug-likeness (QED) is 0.692. The van der Waals surface area contributed by atoms with E-state index in [1.165, 1.54) is 0 Å². The number of amides is 2. The van der Waals surface area contributed by atoms with Crippen LogP contribution < -0.4 is 9.64 Å². The highest BCUT2D eigenvalue weighted by Crippen LogP contribution is 2.35. The largest absolute Gasteiger partial charge is 0.493 e. The summed E-state index contributed by atoms with van der Waals surface area (Å²) in [6.07, 6.45) is 0. The first kappa shape index (κ1) is 19.2. The fourth-order valence-electron chi connectivity index (χ4n) is 2.84. The van der Waals surface area contributed by atoms with Crippen LogP contribution in [0.15, 0.2) is 47.5 Å². The van der Waals surface area contributed by atoms with Crippen LogP contribution in [0.2, 0.25) is 0 Å². The van der Waals surface area contributed by atoms with Crippen molar-refractivity contribution in [1.82, 2.24) is 0 Å². The summed E-state index contributed by atoms with van der Waals surface area (Å²) in [4.78, 5) is 26.7. The first-order chi connectivity index (χ1) is 12.8. The Kier molecular flexibility index (Phi) is 5.38. The summed E-state index contributed by atoms with van der Waals surface area (Å²) < 4.78 is 5.65. The lowest BCUT2D eigenvalue weighted by Crippen LogP contribution is -2.31. The maximum absolute atomic E-state index is 13.0. The highest BCUT2D eigenvalue weighted by Gasteiger charge is 2.39. The molecule has 0 radical (unpaired) electrons. The number of hydrogen-bond acceptors (Lipinski definition) is 3. The highest BCUT2D eigenvalue weighted by molar-refractivity contribution is 6.60. The van der Waals surface area contributed by atoms with Crippen molar-refractivity contribution in [2.75, 3.05) is 11.5 Å². The molecule has 1 heterocycles. The second-order valence-electron chi connectivity index (χ2n) is 7.13. The predicted molar refractivity (Wildman–Crippen MR) is 108 cm³/mol. The summed E-state index contributed by atoms with van der Waals surface area (Å²) in [6.45, 7) is 8.69. The van der Waals surface area contributed by atoms with Crippen molar-refractivity contribution >= 4 is 34.7 Å². The zero-order valence-electron chi connectivity index (χ0n) is 15.9. The molecule has 0 saturated carbocycles. The molecule has 1 aliphatic heterocycles. The molecule has 0 N–H and O–H groups in total. The number of anilines is 1. The van der Waals surface area contributed by atoms with Gasteiger partial charge in [-0.05, 0) is 60.7 Å². The number of ether oxygens (including phenoxy) is 1. The van der Waals surface area contributed by atoms with Crippen molar-refractivity contribution in [2.45, 2.75) is 27.7 Å². The Morgan fingerprint density at radius 2 is 1.63 bits per heavy atom. The van der Waals surface area contributed by atoms with Gasteiger partial charge in [0.25, 0.3) is 11.8 Å². The zero-order chi connectivity index (χ0) is 19.7. The minimum absolute atomic E-state index is 0.0524. The van der Waals surface area contributed by atoms with Crippen LogP contribution in [0, 0.1) is 19.8 Å². The van der Waals surface area contributed by atoms with Gasteiger partial charge in [0.1, 0.15) is 10.8 Å². The fraction of sp³-hybridized carbons (Fsp3) is 0.273. The van der Waals surface area contributed by atoms with Gasteiger partial charge in [0, 0.05) is 0 Å². The molecule has 0 fully saturated rings. The molecule has 2 aromatic rings. The average molecular weight is 384 g/mol. The van der Waals surface area contributed by atoms with Gasteiger partial charge in [-0.2, -0.15) is 0 Å². The van der Waals surface area contributed by atoms with E-state index >= 15 is 0 Å². The maximum atomic E-state index is 13.0. The summed E-state index contributed by atoms with van der Waals surface area (Å²) in [5, 5.41) is -0.0524. The van der Waals surface area contributed by atoms with Gasteiger partial charge in [-0.15, -0.1) is 0 Å². The molecule has 0 atom stereocenters. The van der Waals surface area contributed by atoms with Gasteiger partial charge in [-0.1, -0.05) is 43.6 Å². The number of aryl methyl sites for hydroxylation is 2. The van der Waals surface area contributed by atoms with Gasteiger partial charge in [-0.25, -0.2) is 4.90 Å². The Bertz CT molecular complexity index is 929. The number of imide groups is 1. The number of nitrogens with zero attached hydrogens (tertiary/aromatic N) is 1. The third-order valence-electron chi connectivity index (χ3n) is 4.50. The van der Waals surface area contributed by atoms with E-state index in [2.05, 4.69) is 13.8 Å². The molecule has 5 heteroatoms. The van der Waals surface area contributed by atoms with Gasteiger partial charge in [0.05, 0.1) is 17.9 Å². The lowest BCUT2D eigenvalue weighted by atomic mass is 10.0. The van der Waals surface area contributed by atoms with Gasteiger partial charge >= 0.3 is 0 Å². The summed E-state index contributed by atoms with van der Waals surface area (Å²) in [6, 6.07) is 12.5. The smallest absolute Gasteiger partial charge is 0.277 e. The number of hydrogen-bond donors (Lipinski definition) is 0. The van der Waals surface area contributed by atoms with Crippen LogP contribution in [0.3, 0.4) is 0 Å². The molecule has 2 amide bonds. The van der Waals surface area contributed by atoms with E-state index in [1.54, 1.807) is 24.3 Å². The number of rotatable bonds is 5. The summed E-state index contributed by atoms with van der Waals surface area (Å²) in [5.74, 6) is 0.185. The van der Waals surface area contributed by atoms with Gasteiger partial charge < -0.3 is 4.74 Å². The predicted octanol–water partition coefficient (Wildman–Crippen LogP) is 4.86. The third kappa shape index (κ3) is 3.76. The second kappa shape index (κ2) is 7.57. The van der Waals surface area contributed by atoms with Crippen molar-refractivity contribution < 1.29 is 14.3 Å². The van der Waals surface area contributed by atoms with Crippen LogP contribution in [0.1, 0.15) is 30.5 Å². The monoisotopic (exact) mass is 383 g/mol. The van der Waals surface area contributed by atoms with Gasteiger partial charge in [-0.3, -0.25) is 9.59 Å². The molecule has 3 rings (SSSR count). The molecular weight excluding hydrogens is 362 g/mol. The lowest BCUT2D eigenvalue weighted by Gasteiger charge is -2.16. The molecule has 0 aromatic heterocycles. The number of benzene rings is 2. The molecule has 0 saturated heterocycles. The van der Waals surface area contributed by atoms with Gasteiger partial charge in [0.2, 0.25) is 0 Å². The Morgan fingerprint density at radius 1 is 0.963 bits per heavy atom. The minimum Gasteiger partial charge on any atom is -0.493 e. The number of carbonyl (C=O) groups is 2. The topological polar surface area (TPSA) is 46.6 Å². The van der Waals surface area contributed by atoms with Crippen LogP contribution in [0.5, 0.6) is 5.75 Å². The molecule has 27 heavy (non-hydrogen) atoms. The fourth-order valence-corrected chi connectivity index (χ4v) is 3.11. The lowest BCUT2D eigenvalue weighted by molar-refractivity contribution is -0.119. The molecule has 0 bridgehead atoms. The molecule has 1 aliphatic rings. The van der Waals surface area contributed by atoms with Gasteiger partial charge in [0.15, 0.2) is 0 Å². The Labute approximate surface area is 164 Å². The Morgan fingerprint density at radius 3 is 2.22 bits per heavy atom. The third-order valence-corrected chi connectivity index (χ3v) is 4.85. The van der Waals surface area contributed by atoms with E-state index in [-0.39, 0.29) is 10.6 Å². The molecule has 140 valence electrons. The van der Waals surface area contributed by atoms with E-state index in [0.717, 1.165) is 16.0 Å². The van der Waals surface area contributed by atoms with Crippen molar-refractivity contribution in [1.29, 1.82) is 0 Å². The van der Waals surface area contributed by atoms with E-state index in [4.69, 9.17) is 16.3 Å². The van der Waals surface area contributed by atoms with E-state index < -0.39 is 11.8 Å². The molecular formula is C22H22ClNO3. The Balaban J connectivity index is 1.88. The van der Waals surface area contributed by atoms with Crippen LogP contribution in [-0.4, -0.2) is 18.4 Å². The van der Waals surface area contributed by atoms with E-state index in [9.17, 15) is 9.59 Å². The van der Waals surface area contributed by atoms with Crippen LogP contribution in [0.25, 0.3) is 5.57 Å². The van der Waals surface area contributed by atoms with Crippen molar-refractivity contribution in [2.24, 2.45) is 5.92 Å². The highest BCUT2D eigenvalue weighted by atomic mass is 35.5. The summed E-state index contributed by atoms with van der Waals surface area (Å²) >= 11 is 6.25. The van der Waals surface area contributed by atoms with Crippen molar-refractivity contribution in [3.63, 3.8) is 0 Å². The van der Waals surface area contributed by atoms with Crippen molar-refractivity contribution in [3.8, 4) is 5.75 Å². The summed E-state index contributed by atoms with van der Waals surface area (Å²) in [7, 11) is 0. The zero-order valence-corrected chi connectivity index (χ0v) is 16.6. The number of carbonyl (C=O) groups excluding carboxylic acids is 2. The first-order valence-electron chi connectivity index (χ1n) is 8.88. The molecule has 0 spiro atoms. The minimum atomic E-state index is -0.509. The van der Waals surface area contributed by atoms with Crippen LogP contribution >= 0.6 is 11.6 Å². The molecule has 2 aromatic carbocycles. The molecule has 0 unspecified atom stereocenters. The van der Waals surface area contributed by atoms with Crippen LogP contribution in [0.4, 0.5) is 5.69 Å². The van der Waals surface area contributed by atoms with E-state index in [1.807, 2.05) is 32.0 Å². The second-order valence-corrected chi connectivity index (χ2v) is 7.51. The average Bonchev–Trinajstić information content (AvgIpc) is 2.85. The SMILES string of the molecule is Cc1ccc(C2=C(Cl)C(=O)N(c3ccc(OCC(C)C)cc3)C2=O)cc1C.